The number of likely N-dealkylation sites (N-methyl/N-ethyl adjacent to an activating group) is 1. The van der Waals surface area contributed by atoms with Gasteiger partial charge in [0.25, 0.3) is 5.91 Å². The molecular weight excluding hydrogens is 356 g/mol. The van der Waals surface area contributed by atoms with Crippen molar-refractivity contribution >= 4 is 17.5 Å². The maximum absolute atomic E-state index is 13.1. The fourth-order valence-electron chi connectivity index (χ4n) is 4.22. The summed E-state index contributed by atoms with van der Waals surface area (Å²) in [6, 6.07) is 13.3. The van der Waals surface area contributed by atoms with Gasteiger partial charge in [-0.3, -0.25) is 9.59 Å². The maximum atomic E-state index is 13.1. The number of hydrogen-bond acceptors (Lipinski definition) is 4. The Hall–Kier alpha value is -3.02. The molecule has 0 aromatic heterocycles. The van der Waals surface area contributed by atoms with Gasteiger partial charge in [-0.25, -0.2) is 0 Å². The zero-order valence-corrected chi connectivity index (χ0v) is 16.4. The molecule has 6 heteroatoms. The van der Waals surface area contributed by atoms with Gasteiger partial charge >= 0.3 is 0 Å². The predicted molar refractivity (Wildman–Crippen MR) is 106 cm³/mol. The highest BCUT2D eigenvalue weighted by atomic mass is 16.5. The SMILES string of the molecule is COc1ccc2c(c1)[C@@]1(CCN(C(=O)COc3cccc(C)c3)C1)C(=O)N2C. The molecule has 146 valence electrons. The molecule has 1 spiro atoms. The van der Waals surface area contributed by atoms with Gasteiger partial charge in [0.2, 0.25) is 5.91 Å². The van der Waals surface area contributed by atoms with Crippen LogP contribution in [-0.2, 0) is 15.0 Å². The summed E-state index contributed by atoms with van der Waals surface area (Å²) < 4.78 is 11.0. The number of aryl methyl sites for hydroxylation is 1. The van der Waals surface area contributed by atoms with Crippen LogP contribution < -0.4 is 14.4 Å². The highest BCUT2D eigenvalue weighted by molar-refractivity contribution is 6.08. The van der Waals surface area contributed by atoms with Gasteiger partial charge in [0.15, 0.2) is 6.61 Å². The normalized spacial score (nSPS) is 20.6. The molecule has 4 rings (SSSR count). The number of nitrogens with zero attached hydrogens (tertiary/aromatic N) is 2. The van der Waals surface area contributed by atoms with E-state index in [1.807, 2.05) is 49.4 Å². The lowest BCUT2D eigenvalue weighted by atomic mass is 9.81. The Bertz CT molecular complexity index is 942. The Morgan fingerprint density at radius 1 is 1.18 bits per heavy atom. The maximum Gasteiger partial charge on any atom is 0.260 e. The van der Waals surface area contributed by atoms with Crippen molar-refractivity contribution in [1.29, 1.82) is 0 Å². The molecule has 0 saturated carbocycles. The highest BCUT2D eigenvalue weighted by Crippen LogP contribution is 2.47. The van der Waals surface area contributed by atoms with Crippen molar-refractivity contribution in [3.63, 3.8) is 0 Å². The Labute approximate surface area is 164 Å². The van der Waals surface area contributed by atoms with Crippen LogP contribution in [0.5, 0.6) is 11.5 Å². The molecule has 1 atom stereocenters. The van der Waals surface area contributed by atoms with Gasteiger partial charge < -0.3 is 19.3 Å². The summed E-state index contributed by atoms with van der Waals surface area (Å²) in [5, 5.41) is 0. The van der Waals surface area contributed by atoms with Gasteiger partial charge in [-0.05, 0) is 54.8 Å². The molecule has 0 radical (unpaired) electrons. The van der Waals surface area contributed by atoms with Crippen LogP contribution in [0.25, 0.3) is 0 Å². The summed E-state index contributed by atoms with van der Waals surface area (Å²) >= 11 is 0. The van der Waals surface area contributed by atoms with Crippen LogP contribution in [0, 0.1) is 6.92 Å². The van der Waals surface area contributed by atoms with E-state index in [1.165, 1.54) is 0 Å². The third-order valence-electron chi connectivity index (χ3n) is 5.77. The number of anilines is 1. The van der Waals surface area contributed by atoms with Crippen molar-refractivity contribution in [3.8, 4) is 11.5 Å². The fraction of sp³-hybridized carbons (Fsp3) is 0.364. The number of benzene rings is 2. The number of likely N-dealkylation sites (tertiary alicyclic amines) is 1. The van der Waals surface area contributed by atoms with E-state index in [1.54, 1.807) is 24.0 Å². The van der Waals surface area contributed by atoms with Gasteiger partial charge in [0.05, 0.1) is 12.5 Å². The second kappa shape index (κ2) is 6.86. The standard InChI is InChI=1S/C22H24N2O4/c1-15-5-4-6-17(11-15)28-13-20(25)24-10-9-22(14-24)18-12-16(27-3)7-8-19(18)23(2)21(22)26/h4-8,11-12H,9-10,13-14H2,1-3H3/t22-/m0/s1. The van der Waals surface area contributed by atoms with E-state index in [9.17, 15) is 9.59 Å². The molecule has 0 N–H and O–H groups in total. The molecule has 2 amide bonds. The third-order valence-corrected chi connectivity index (χ3v) is 5.77. The molecule has 28 heavy (non-hydrogen) atoms. The summed E-state index contributed by atoms with van der Waals surface area (Å²) in [5.41, 5.74) is 2.21. The summed E-state index contributed by atoms with van der Waals surface area (Å²) in [5.74, 6) is 1.32. The number of carbonyl (C=O) groups excluding carboxylic acids is 2. The number of methoxy groups -OCH3 is 1. The first-order chi connectivity index (χ1) is 13.4. The van der Waals surface area contributed by atoms with Crippen molar-refractivity contribution in [2.45, 2.75) is 18.8 Å². The van der Waals surface area contributed by atoms with Crippen LogP contribution in [0.15, 0.2) is 42.5 Å². The summed E-state index contributed by atoms with van der Waals surface area (Å²) in [6.07, 6.45) is 0.604. The molecule has 0 aliphatic carbocycles. The lowest BCUT2D eigenvalue weighted by molar-refractivity contribution is -0.132. The van der Waals surface area contributed by atoms with E-state index in [0.29, 0.717) is 31.0 Å². The number of rotatable bonds is 4. The Kier molecular flexibility index (Phi) is 4.49. The highest BCUT2D eigenvalue weighted by Gasteiger charge is 2.54. The van der Waals surface area contributed by atoms with Gasteiger partial charge in [0, 0.05) is 25.8 Å². The number of amides is 2. The second-order valence-electron chi connectivity index (χ2n) is 7.50. The Balaban J connectivity index is 1.52. The van der Waals surface area contributed by atoms with Crippen molar-refractivity contribution in [2.24, 2.45) is 0 Å². The number of carbonyl (C=O) groups is 2. The topological polar surface area (TPSA) is 59.1 Å². The van der Waals surface area contributed by atoms with Gasteiger partial charge in [-0.15, -0.1) is 0 Å². The van der Waals surface area contributed by atoms with E-state index in [0.717, 1.165) is 16.8 Å². The summed E-state index contributed by atoms with van der Waals surface area (Å²) in [4.78, 5) is 29.2. The van der Waals surface area contributed by atoms with Crippen molar-refractivity contribution in [3.05, 3.63) is 53.6 Å². The number of fused-ring (bicyclic) bond motifs is 2. The number of ether oxygens (including phenoxy) is 2. The molecule has 2 aliphatic heterocycles. The van der Waals surface area contributed by atoms with Crippen molar-refractivity contribution in [2.75, 3.05) is 38.8 Å². The molecule has 0 bridgehead atoms. The molecule has 1 fully saturated rings. The van der Waals surface area contributed by atoms with Crippen LogP contribution in [0.2, 0.25) is 0 Å². The van der Waals surface area contributed by atoms with Crippen LogP contribution in [-0.4, -0.2) is 50.6 Å². The van der Waals surface area contributed by atoms with Crippen molar-refractivity contribution in [1.82, 2.24) is 4.90 Å². The Morgan fingerprint density at radius 2 is 2.00 bits per heavy atom. The molecule has 2 heterocycles. The minimum atomic E-state index is -0.697. The third kappa shape index (κ3) is 2.89. The summed E-state index contributed by atoms with van der Waals surface area (Å²) in [6.45, 7) is 2.85. The lowest BCUT2D eigenvalue weighted by Crippen LogP contribution is -2.42. The van der Waals surface area contributed by atoms with Gasteiger partial charge in [-0.2, -0.15) is 0 Å². The van der Waals surface area contributed by atoms with Crippen molar-refractivity contribution < 1.29 is 19.1 Å². The van der Waals surface area contributed by atoms with Crippen LogP contribution in [0.3, 0.4) is 0 Å². The minimum absolute atomic E-state index is 0.0330. The van der Waals surface area contributed by atoms with Crippen LogP contribution in [0.4, 0.5) is 5.69 Å². The fourth-order valence-corrected chi connectivity index (χ4v) is 4.22. The Morgan fingerprint density at radius 3 is 2.75 bits per heavy atom. The first kappa shape index (κ1) is 18.3. The van der Waals surface area contributed by atoms with E-state index in [2.05, 4.69) is 0 Å². The van der Waals surface area contributed by atoms with Gasteiger partial charge in [-0.1, -0.05) is 12.1 Å². The van der Waals surface area contributed by atoms with E-state index < -0.39 is 5.41 Å². The average molecular weight is 380 g/mol. The molecule has 1 saturated heterocycles. The monoisotopic (exact) mass is 380 g/mol. The zero-order chi connectivity index (χ0) is 19.9. The molecule has 2 aliphatic rings. The largest absolute Gasteiger partial charge is 0.497 e. The van der Waals surface area contributed by atoms with Gasteiger partial charge in [0.1, 0.15) is 11.5 Å². The van der Waals surface area contributed by atoms with E-state index >= 15 is 0 Å². The average Bonchev–Trinajstić information content (AvgIpc) is 3.24. The zero-order valence-electron chi connectivity index (χ0n) is 16.4. The quantitative estimate of drug-likeness (QED) is 0.818. The number of hydrogen-bond donors (Lipinski definition) is 0. The molecule has 0 unspecified atom stereocenters. The van der Waals surface area contributed by atoms with E-state index in [-0.39, 0.29) is 18.4 Å². The van der Waals surface area contributed by atoms with Crippen LogP contribution in [0.1, 0.15) is 17.5 Å². The van der Waals surface area contributed by atoms with Crippen LogP contribution >= 0.6 is 0 Å². The van der Waals surface area contributed by atoms with E-state index in [4.69, 9.17) is 9.47 Å². The predicted octanol–water partition coefficient (Wildman–Crippen LogP) is 2.53. The molecular formula is C22H24N2O4. The smallest absolute Gasteiger partial charge is 0.260 e. The molecule has 6 nitrogen and oxygen atoms in total. The lowest BCUT2D eigenvalue weighted by Gasteiger charge is -2.23. The molecule has 2 aromatic carbocycles. The molecule has 2 aromatic rings. The first-order valence-corrected chi connectivity index (χ1v) is 9.38. The minimum Gasteiger partial charge on any atom is -0.497 e. The first-order valence-electron chi connectivity index (χ1n) is 9.38. The second-order valence-corrected chi connectivity index (χ2v) is 7.50. The summed E-state index contributed by atoms with van der Waals surface area (Å²) in [7, 11) is 3.40.